The Labute approximate surface area is 135 Å². The topological polar surface area (TPSA) is 81.2 Å². The predicted molar refractivity (Wildman–Crippen MR) is 79.2 cm³/mol. The molecule has 0 aliphatic heterocycles. The molecule has 0 aliphatic carbocycles. The highest BCUT2D eigenvalue weighted by Crippen LogP contribution is 2.32. The normalized spacial score (nSPS) is 12.5. The minimum absolute atomic E-state index is 0.0119. The van der Waals surface area contributed by atoms with Crippen molar-refractivity contribution in [3.05, 3.63) is 30.5 Å². The zero-order valence-electron chi connectivity index (χ0n) is 10.9. The third kappa shape index (κ3) is 3.71. The number of aromatic nitrogens is 2. The predicted octanol–water partition coefficient (Wildman–Crippen LogP) is 3.45. The summed E-state index contributed by atoms with van der Waals surface area (Å²) in [6.45, 7) is 0. The van der Waals surface area contributed by atoms with Crippen LogP contribution in [0, 0.1) is 0 Å². The van der Waals surface area contributed by atoms with E-state index in [4.69, 9.17) is 0 Å². The van der Waals surface area contributed by atoms with Crippen LogP contribution < -0.4 is 9.46 Å². The maximum Gasteiger partial charge on any atom is 0.573 e. The number of alkyl halides is 3. The first kappa shape index (κ1) is 16.0. The first-order valence-electron chi connectivity index (χ1n) is 5.83. The fourth-order valence-corrected chi connectivity index (χ4v) is 4.51. The summed E-state index contributed by atoms with van der Waals surface area (Å²) in [5, 5.41) is 0.0394. The summed E-state index contributed by atoms with van der Waals surface area (Å²) in [6, 6.07) is 4.90. The molecule has 3 aromatic rings. The summed E-state index contributed by atoms with van der Waals surface area (Å²) in [4.78, 5) is 4.02. The molecule has 0 saturated heterocycles. The van der Waals surface area contributed by atoms with Gasteiger partial charge in [0.05, 0.1) is 10.2 Å². The summed E-state index contributed by atoms with van der Waals surface area (Å²) < 4.78 is 70.8. The van der Waals surface area contributed by atoms with Crippen molar-refractivity contribution in [2.75, 3.05) is 4.72 Å². The van der Waals surface area contributed by atoms with Crippen molar-refractivity contribution in [2.24, 2.45) is 0 Å². The number of nitrogens with zero attached hydrogens (tertiary/aromatic N) is 2. The molecular weight excluding hydrogens is 375 g/mol. The minimum atomic E-state index is -4.80. The number of ether oxygens (including phenoxy) is 1. The molecule has 0 saturated carbocycles. The van der Waals surface area contributed by atoms with Crippen molar-refractivity contribution >= 4 is 48.2 Å². The summed E-state index contributed by atoms with van der Waals surface area (Å²) in [6.07, 6.45) is -3.45. The Hall–Kier alpha value is -1.92. The van der Waals surface area contributed by atoms with E-state index in [1.54, 1.807) is 0 Å². The van der Waals surface area contributed by atoms with Crippen LogP contribution in [0.15, 0.2) is 34.7 Å². The second-order valence-electron chi connectivity index (χ2n) is 4.13. The molecule has 0 spiro atoms. The number of sulfonamides is 1. The molecule has 3 rings (SSSR count). The Morgan fingerprint density at radius 1 is 1.22 bits per heavy atom. The molecule has 0 bridgehead atoms. The lowest BCUT2D eigenvalue weighted by Crippen LogP contribution is -2.16. The molecule has 0 unspecified atom stereocenters. The van der Waals surface area contributed by atoms with Gasteiger partial charge in [0.25, 0.3) is 10.0 Å². The van der Waals surface area contributed by atoms with Crippen LogP contribution in [0.5, 0.6) is 5.75 Å². The number of benzene rings is 1. The fraction of sp³-hybridized carbons (Fsp3) is 0.0909. The summed E-state index contributed by atoms with van der Waals surface area (Å²) >= 11 is 1.69. The van der Waals surface area contributed by atoms with Gasteiger partial charge in [0.15, 0.2) is 9.34 Å². The van der Waals surface area contributed by atoms with Crippen LogP contribution >= 0.6 is 22.9 Å². The number of thiazole rings is 1. The molecule has 0 fully saturated rings. The van der Waals surface area contributed by atoms with Gasteiger partial charge < -0.3 is 4.74 Å². The highest BCUT2D eigenvalue weighted by molar-refractivity contribution is 7.94. The summed E-state index contributed by atoms with van der Waals surface area (Å²) in [5.74, 6) is -0.398. The Bertz CT molecular complexity index is 936. The van der Waals surface area contributed by atoms with Crippen LogP contribution in [-0.4, -0.2) is 24.1 Å². The molecule has 2 heterocycles. The van der Waals surface area contributed by atoms with E-state index in [-0.39, 0.29) is 9.34 Å². The van der Waals surface area contributed by atoms with Crippen molar-refractivity contribution in [1.82, 2.24) is 9.36 Å². The minimum Gasteiger partial charge on any atom is -0.406 e. The van der Waals surface area contributed by atoms with Crippen molar-refractivity contribution < 1.29 is 26.3 Å². The van der Waals surface area contributed by atoms with Gasteiger partial charge in [-0.2, -0.15) is 4.37 Å². The highest BCUT2D eigenvalue weighted by atomic mass is 32.2. The van der Waals surface area contributed by atoms with Gasteiger partial charge in [-0.1, -0.05) is 11.3 Å². The molecule has 2 aromatic heterocycles. The van der Waals surface area contributed by atoms with Crippen molar-refractivity contribution in [3.8, 4) is 5.75 Å². The Kier molecular flexibility index (Phi) is 3.90. The lowest BCUT2D eigenvalue weighted by Gasteiger charge is -2.07. The largest absolute Gasteiger partial charge is 0.573 e. The van der Waals surface area contributed by atoms with Gasteiger partial charge in [0.1, 0.15) is 5.75 Å². The van der Waals surface area contributed by atoms with E-state index in [1.165, 1.54) is 18.3 Å². The van der Waals surface area contributed by atoms with Gasteiger partial charge in [-0.05, 0) is 29.7 Å². The Morgan fingerprint density at radius 3 is 2.65 bits per heavy atom. The molecule has 0 aliphatic rings. The lowest BCUT2D eigenvalue weighted by atomic mass is 10.3. The smallest absolute Gasteiger partial charge is 0.406 e. The van der Waals surface area contributed by atoms with Crippen molar-refractivity contribution in [3.63, 3.8) is 0 Å². The molecule has 12 heteroatoms. The van der Waals surface area contributed by atoms with Crippen molar-refractivity contribution in [1.29, 1.82) is 0 Å². The molecule has 122 valence electrons. The Balaban J connectivity index is 1.89. The van der Waals surface area contributed by atoms with Crippen LogP contribution in [0.3, 0.4) is 0 Å². The highest BCUT2D eigenvalue weighted by Gasteiger charge is 2.31. The second kappa shape index (κ2) is 5.62. The van der Waals surface area contributed by atoms with E-state index in [9.17, 15) is 21.6 Å². The van der Waals surface area contributed by atoms with E-state index in [2.05, 4.69) is 18.8 Å². The van der Waals surface area contributed by atoms with Gasteiger partial charge >= 0.3 is 6.36 Å². The summed E-state index contributed by atoms with van der Waals surface area (Å²) in [7, 11) is -3.81. The quantitative estimate of drug-likeness (QED) is 0.749. The SMILES string of the molecule is O=S(=O)(Nc1nc2ccc(OC(F)(F)F)cc2s1)c1ccns1. The van der Waals surface area contributed by atoms with E-state index < -0.39 is 22.1 Å². The second-order valence-corrected chi connectivity index (χ2v) is 7.91. The number of halogens is 3. The molecule has 0 atom stereocenters. The van der Waals surface area contributed by atoms with Gasteiger partial charge in [-0.15, -0.1) is 13.2 Å². The molecular formula is C11H6F3N3O3S3. The van der Waals surface area contributed by atoms with Gasteiger partial charge in [0, 0.05) is 12.3 Å². The number of hydrogen-bond donors (Lipinski definition) is 1. The first-order valence-corrected chi connectivity index (χ1v) is 8.90. The first-order chi connectivity index (χ1) is 10.7. The number of anilines is 1. The molecule has 1 N–H and O–H groups in total. The lowest BCUT2D eigenvalue weighted by molar-refractivity contribution is -0.274. The Morgan fingerprint density at radius 2 is 2.00 bits per heavy atom. The van der Waals surface area contributed by atoms with Gasteiger partial charge in [0.2, 0.25) is 0 Å². The summed E-state index contributed by atoms with van der Waals surface area (Å²) in [5.41, 5.74) is 0.353. The van der Waals surface area contributed by atoms with Gasteiger partial charge in [-0.25, -0.2) is 13.4 Å². The average Bonchev–Trinajstić information content (AvgIpc) is 3.03. The van der Waals surface area contributed by atoms with E-state index in [0.717, 1.165) is 35.0 Å². The molecule has 0 radical (unpaired) electrons. The zero-order valence-corrected chi connectivity index (χ0v) is 13.3. The standard InChI is InChI=1S/C11H6F3N3O3S3/c12-11(13,14)20-6-1-2-7-8(5-6)21-10(16-7)17-23(18,19)9-3-4-15-22-9/h1-5H,(H,16,17). The molecule has 6 nitrogen and oxygen atoms in total. The van der Waals surface area contributed by atoms with Crippen LogP contribution in [0.1, 0.15) is 0 Å². The van der Waals surface area contributed by atoms with Crippen LogP contribution in [0.4, 0.5) is 18.3 Å². The van der Waals surface area contributed by atoms with Crippen LogP contribution in [0.25, 0.3) is 10.2 Å². The van der Waals surface area contributed by atoms with E-state index in [0.29, 0.717) is 10.2 Å². The molecule has 1 aromatic carbocycles. The zero-order chi connectivity index (χ0) is 16.7. The maximum atomic E-state index is 12.2. The average molecular weight is 381 g/mol. The number of hydrogen-bond acceptors (Lipinski definition) is 7. The third-order valence-corrected chi connectivity index (χ3v) is 6.11. The number of rotatable bonds is 4. The fourth-order valence-electron chi connectivity index (χ4n) is 1.65. The van der Waals surface area contributed by atoms with Gasteiger partial charge in [-0.3, -0.25) is 4.72 Å². The van der Waals surface area contributed by atoms with Crippen molar-refractivity contribution in [2.45, 2.75) is 10.6 Å². The monoisotopic (exact) mass is 381 g/mol. The van der Waals surface area contributed by atoms with Crippen LogP contribution in [0.2, 0.25) is 0 Å². The maximum absolute atomic E-state index is 12.2. The third-order valence-electron chi connectivity index (χ3n) is 2.49. The number of nitrogens with one attached hydrogen (secondary N) is 1. The molecule has 0 amide bonds. The van der Waals surface area contributed by atoms with E-state index >= 15 is 0 Å². The van der Waals surface area contributed by atoms with E-state index in [1.807, 2.05) is 0 Å². The van der Waals surface area contributed by atoms with Crippen LogP contribution in [-0.2, 0) is 10.0 Å². The molecule has 23 heavy (non-hydrogen) atoms. The number of fused-ring (bicyclic) bond motifs is 1.